The monoisotopic (exact) mass is 306 g/mol. The maximum atomic E-state index is 12.3. The van der Waals surface area contributed by atoms with Crippen molar-refractivity contribution >= 4 is 10.0 Å². The second-order valence-corrected chi connectivity index (χ2v) is 6.32. The number of hydrogen-bond donors (Lipinski definition) is 2. The number of hydrogen-bond acceptors (Lipinski definition) is 4. The molecule has 1 aromatic carbocycles. The Balaban J connectivity index is 2.22. The fraction of sp³-hybridized carbons (Fsp3) is 0.267. The first-order chi connectivity index (χ1) is 10.1. The highest BCUT2D eigenvalue weighted by Crippen LogP contribution is 2.19. The van der Waals surface area contributed by atoms with Crippen LogP contribution in [0.2, 0.25) is 0 Å². The summed E-state index contributed by atoms with van der Waals surface area (Å²) in [4.78, 5) is 3.89. The van der Waals surface area contributed by atoms with Crippen LogP contribution in [-0.4, -0.2) is 18.5 Å². The third-order valence-electron chi connectivity index (χ3n) is 3.16. The van der Waals surface area contributed by atoms with Crippen LogP contribution >= 0.6 is 0 Å². The molecule has 2 rings (SSSR count). The van der Waals surface area contributed by atoms with Crippen molar-refractivity contribution in [3.8, 4) is 0 Å². The molecule has 1 unspecified atom stereocenters. The number of aromatic nitrogens is 1. The molecular weight excluding hydrogens is 288 g/mol. The maximum Gasteiger partial charge on any atom is 0.258 e. The molecule has 0 radical (unpaired) electrons. The molecule has 0 bridgehead atoms. The van der Waals surface area contributed by atoms with Gasteiger partial charge in [0.05, 0.1) is 6.61 Å². The first-order valence-electron chi connectivity index (χ1n) is 6.70. The fourth-order valence-corrected chi connectivity index (χ4v) is 3.22. The fourth-order valence-electron chi connectivity index (χ4n) is 1.98. The van der Waals surface area contributed by atoms with E-state index in [0.717, 1.165) is 5.56 Å². The van der Waals surface area contributed by atoms with E-state index in [4.69, 9.17) is 5.11 Å². The molecule has 112 valence electrons. The van der Waals surface area contributed by atoms with E-state index in [1.807, 2.05) is 37.3 Å². The molecule has 0 spiro atoms. The van der Waals surface area contributed by atoms with Gasteiger partial charge in [-0.1, -0.05) is 43.3 Å². The van der Waals surface area contributed by atoms with Gasteiger partial charge in [0.25, 0.3) is 10.0 Å². The number of sulfonamides is 1. The zero-order chi connectivity index (χ0) is 15.3. The minimum atomic E-state index is -3.69. The van der Waals surface area contributed by atoms with Crippen LogP contribution in [0, 0.1) is 0 Å². The Hall–Kier alpha value is -1.76. The van der Waals surface area contributed by atoms with Crippen molar-refractivity contribution in [3.05, 3.63) is 59.8 Å². The summed E-state index contributed by atoms with van der Waals surface area (Å²) in [5.74, 6) is 0. The van der Waals surface area contributed by atoms with Crippen molar-refractivity contribution < 1.29 is 13.5 Å². The number of benzene rings is 1. The van der Waals surface area contributed by atoms with E-state index < -0.39 is 10.0 Å². The average molecular weight is 306 g/mol. The largest absolute Gasteiger partial charge is 0.392 e. The molecule has 0 saturated carbocycles. The molecular formula is C15H18N2O3S. The molecule has 1 heterocycles. The first-order valence-corrected chi connectivity index (χ1v) is 8.18. The third kappa shape index (κ3) is 3.87. The third-order valence-corrected chi connectivity index (χ3v) is 4.55. The Kier molecular flexibility index (Phi) is 5.06. The highest BCUT2D eigenvalue weighted by Gasteiger charge is 2.21. The predicted octanol–water partition coefficient (Wildman–Crippen LogP) is 2.00. The van der Waals surface area contributed by atoms with E-state index in [0.29, 0.717) is 12.0 Å². The van der Waals surface area contributed by atoms with Gasteiger partial charge in [0.15, 0.2) is 5.03 Å². The van der Waals surface area contributed by atoms with Crippen molar-refractivity contribution in [2.75, 3.05) is 0 Å². The lowest BCUT2D eigenvalue weighted by Gasteiger charge is -2.17. The summed E-state index contributed by atoms with van der Waals surface area (Å²) >= 11 is 0. The number of rotatable bonds is 6. The summed E-state index contributed by atoms with van der Waals surface area (Å²) in [5.41, 5.74) is 1.49. The van der Waals surface area contributed by atoms with Gasteiger partial charge in [0.1, 0.15) is 0 Å². The molecule has 0 aliphatic rings. The number of pyridine rings is 1. The van der Waals surface area contributed by atoms with Crippen LogP contribution in [0.15, 0.2) is 53.7 Å². The molecule has 21 heavy (non-hydrogen) atoms. The lowest BCUT2D eigenvalue weighted by molar-refractivity contribution is 0.281. The molecule has 0 fully saturated rings. The summed E-state index contributed by atoms with van der Waals surface area (Å²) in [7, 11) is -3.69. The standard InChI is InChI=1S/C15H18N2O3S/c1-2-14(13-6-4-3-5-7-13)17-21(19,20)15-9-8-12(11-18)10-16-15/h3-10,14,17-18H,2,11H2,1H3. The Bertz CT molecular complexity index is 670. The second-order valence-electron chi connectivity index (χ2n) is 4.66. The van der Waals surface area contributed by atoms with Crippen LogP contribution in [0.25, 0.3) is 0 Å². The lowest BCUT2D eigenvalue weighted by atomic mass is 10.1. The smallest absolute Gasteiger partial charge is 0.258 e. The molecule has 0 saturated heterocycles. The molecule has 1 atom stereocenters. The lowest BCUT2D eigenvalue weighted by Crippen LogP contribution is -2.29. The topological polar surface area (TPSA) is 79.3 Å². The maximum absolute atomic E-state index is 12.3. The summed E-state index contributed by atoms with van der Waals surface area (Å²) < 4.78 is 27.3. The van der Waals surface area contributed by atoms with Gasteiger partial charge in [-0.3, -0.25) is 0 Å². The van der Waals surface area contributed by atoms with Crippen LogP contribution in [0.3, 0.4) is 0 Å². The number of nitrogens with one attached hydrogen (secondary N) is 1. The van der Waals surface area contributed by atoms with Crippen LogP contribution < -0.4 is 4.72 Å². The van der Waals surface area contributed by atoms with E-state index in [2.05, 4.69) is 9.71 Å². The number of nitrogens with zero attached hydrogens (tertiary/aromatic N) is 1. The van der Waals surface area contributed by atoms with Crippen LogP contribution in [0.1, 0.15) is 30.5 Å². The van der Waals surface area contributed by atoms with E-state index in [9.17, 15) is 8.42 Å². The van der Waals surface area contributed by atoms with Crippen molar-refractivity contribution in [1.29, 1.82) is 0 Å². The summed E-state index contributed by atoms with van der Waals surface area (Å²) in [6.07, 6.45) is 2.00. The van der Waals surface area contributed by atoms with Gasteiger partial charge in [-0.25, -0.2) is 18.1 Å². The molecule has 2 N–H and O–H groups in total. The van der Waals surface area contributed by atoms with E-state index >= 15 is 0 Å². The highest BCUT2D eigenvalue weighted by atomic mass is 32.2. The molecule has 0 amide bonds. The van der Waals surface area contributed by atoms with Crippen molar-refractivity contribution in [2.24, 2.45) is 0 Å². The number of aliphatic hydroxyl groups excluding tert-OH is 1. The van der Waals surface area contributed by atoms with Gasteiger partial charge in [0, 0.05) is 12.2 Å². The first kappa shape index (κ1) is 15.6. The minimum absolute atomic E-state index is 0.0471. The van der Waals surface area contributed by atoms with Gasteiger partial charge in [-0.15, -0.1) is 0 Å². The molecule has 0 aliphatic heterocycles. The molecule has 1 aromatic heterocycles. The van der Waals surface area contributed by atoms with Crippen LogP contribution in [-0.2, 0) is 16.6 Å². The van der Waals surface area contributed by atoms with Gasteiger partial charge in [-0.2, -0.15) is 0 Å². The normalized spacial score (nSPS) is 13.0. The Morgan fingerprint density at radius 3 is 2.43 bits per heavy atom. The van der Waals surface area contributed by atoms with Gasteiger partial charge in [-0.05, 0) is 23.6 Å². The Labute approximate surface area is 124 Å². The SMILES string of the molecule is CCC(NS(=O)(=O)c1ccc(CO)cn1)c1ccccc1. The van der Waals surface area contributed by atoms with Crippen molar-refractivity contribution in [2.45, 2.75) is 31.0 Å². The van der Waals surface area contributed by atoms with E-state index in [1.165, 1.54) is 12.3 Å². The number of aliphatic hydroxyl groups is 1. The molecule has 0 aliphatic carbocycles. The second kappa shape index (κ2) is 6.80. The highest BCUT2D eigenvalue weighted by molar-refractivity contribution is 7.89. The molecule has 5 nitrogen and oxygen atoms in total. The average Bonchev–Trinajstić information content (AvgIpc) is 2.53. The zero-order valence-corrected chi connectivity index (χ0v) is 12.5. The van der Waals surface area contributed by atoms with E-state index in [-0.39, 0.29) is 17.7 Å². The Morgan fingerprint density at radius 1 is 1.19 bits per heavy atom. The van der Waals surface area contributed by atoms with Gasteiger partial charge in [0.2, 0.25) is 0 Å². The summed E-state index contributed by atoms with van der Waals surface area (Å²) in [6.45, 7) is 1.75. The van der Waals surface area contributed by atoms with Crippen LogP contribution in [0.5, 0.6) is 0 Å². The van der Waals surface area contributed by atoms with E-state index in [1.54, 1.807) is 6.07 Å². The predicted molar refractivity (Wildman–Crippen MR) is 80.0 cm³/mol. The van der Waals surface area contributed by atoms with Crippen molar-refractivity contribution in [1.82, 2.24) is 9.71 Å². The summed E-state index contributed by atoms with van der Waals surface area (Å²) in [5, 5.41) is 8.91. The minimum Gasteiger partial charge on any atom is -0.392 e. The molecule has 6 heteroatoms. The Morgan fingerprint density at radius 2 is 1.90 bits per heavy atom. The quantitative estimate of drug-likeness (QED) is 0.855. The summed E-state index contributed by atoms with van der Waals surface area (Å²) in [6, 6.07) is 12.1. The molecule has 2 aromatic rings. The van der Waals surface area contributed by atoms with Gasteiger partial charge < -0.3 is 5.11 Å². The van der Waals surface area contributed by atoms with Gasteiger partial charge >= 0.3 is 0 Å². The van der Waals surface area contributed by atoms with Crippen molar-refractivity contribution in [3.63, 3.8) is 0 Å². The van der Waals surface area contributed by atoms with Crippen LogP contribution in [0.4, 0.5) is 0 Å². The zero-order valence-electron chi connectivity index (χ0n) is 11.7.